The molecule has 0 bridgehead atoms. The van der Waals surface area contributed by atoms with Crippen molar-refractivity contribution in [3.05, 3.63) is 65.2 Å². The van der Waals surface area contributed by atoms with E-state index >= 15 is 0 Å². The molecule has 2 atom stereocenters. The molecule has 8 aliphatic rings. The number of benzene rings is 2. The molecule has 0 unspecified atom stereocenters. The van der Waals surface area contributed by atoms with E-state index in [1.807, 2.05) is 44.7 Å². The van der Waals surface area contributed by atoms with Gasteiger partial charge >= 0.3 is 0 Å². The minimum absolute atomic E-state index is 0. The SMILES string of the molecule is C.CC[C@@H]1C(=O)N(C)c2cnc(Cl)nc2N1C(C)C.CC[C@@H]1C(=O)N(C)c2cnc(Nc3ccc(C(=O)NC4CCC(N5CCN(CC6CC6)CC5)CC4)cc3OC)nc2N1C(C)C.COc1cc(C(=O)NC2CCC(N3CCN(CC4CC4)CC3)CC2)ccc1N.I. The van der Waals surface area contributed by atoms with Gasteiger partial charge in [-0.25, -0.2) is 9.97 Å². The van der Waals surface area contributed by atoms with Gasteiger partial charge in [0.05, 0.1) is 38.0 Å². The summed E-state index contributed by atoms with van der Waals surface area (Å²) in [6.07, 6.45) is 19.2. The van der Waals surface area contributed by atoms with Crippen molar-refractivity contribution in [3.8, 4) is 11.5 Å². The van der Waals surface area contributed by atoms with Crippen molar-refractivity contribution in [2.45, 2.75) is 187 Å². The molecule has 2 aromatic heterocycles. The number of rotatable bonds is 18. The Bertz CT molecular complexity index is 3140. The number of amides is 4. The number of ether oxygens (including phenoxy) is 2. The number of carbonyl (C=O) groups is 4. The Morgan fingerprint density at radius 3 is 1.44 bits per heavy atom. The minimum atomic E-state index is -0.278. The molecule has 22 nitrogen and oxygen atoms in total. The fourth-order valence-corrected chi connectivity index (χ4v) is 14.5. The fraction of sp³-hybridized carbons (Fsp3) is 0.652. The third kappa shape index (κ3) is 18.0. The molecule has 4 aromatic rings. The van der Waals surface area contributed by atoms with Gasteiger partial charge < -0.3 is 60.6 Å². The van der Waals surface area contributed by atoms with Crippen LogP contribution in [0.3, 0.4) is 0 Å². The average molecular weight is 1420 g/mol. The third-order valence-electron chi connectivity index (χ3n) is 20.0. The van der Waals surface area contributed by atoms with Crippen molar-refractivity contribution in [1.82, 2.24) is 50.2 Å². The van der Waals surface area contributed by atoms with Gasteiger partial charge in [-0.2, -0.15) is 9.97 Å². The predicted octanol–water partition coefficient (Wildman–Crippen LogP) is 9.97. The van der Waals surface area contributed by atoms with Crippen LogP contribution in [0.25, 0.3) is 0 Å². The zero-order chi connectivity index (χ0) is 64.6. The molecule has 512 valence electrons. The maximum atomic E-state index is 13.3. The van der Waals surface area contributed by atoms with Gasteiger partial charge in [0, 0.05) is 127 Å². The summed E-state index contributed by atoms with van der Waals surface area (Å²) in [4.78, 5) is 86.7. The summed E-state index contributed by atoms with van der Waals surface area (Å²) in [6, 6.07) is 12.2. The Labute approximate surface area is 575 Å². The third-order valence-corrected chi connectivity index (χ3v) is 20.2. The molecule has 6 heterocycles. The van der Waals surface area contributed by atoms with E-state index in [4.69, 9.17) is 31.8 Å². The molecule has 2 aromatic carbocycles. The Balaban J connectivity index is 0.000000197. The molecular formula is C69H106ClIN16O6. The van der Waals surface area contributed by atoms with E-state index in [1.165, 1.54) is 104 Å². The van der Waals surface area contributed by atoms with Crippen molar-refractivity contribution in [1.29, 1.82) is 0 Å². The van der Waals surface area contributed by atoms with Gasteiger partial charge in [-0.1, -0.05) is 21.3 Å². The normalized spacial score (nSPS) is 23.7. The molecule has 0 radical (unpaired) electrons. The number of carbonyl (C=O) groups excluding carboxylic acids is 4. The number of halogens is 2. The largest absolute Gasteiger partial charge is 0.495 e. The van der Waals surface area contributed by atoms with Crippen LogP contribution in [-0.2, 0) is 9.59 Å². The lowest BCUT2D eigenvalue weighted by atomic mass is 9.89. The Kier molecular flexibility index (Phi) is 26.0. The molecule has 4 aliphatic carbocycles. The van der Waals surface area contributed by atoms with Crippen molar-refractivity contribution >= 4 is 99.5 Å². The lowest BCUT2D eigenvalue weighted by Crippen LogP contribution is -2.54. The molecule has 93 heavy (non-hydrogen) atoms. The molecule has 0 spiro atoms. The highest BCUT2D eigenvalue weighted by atomic mass is 127. The van der Waals surface area contributed by atoms with E-state index in [0.717, 1.165) is 68.4 Å². The second kappa shape index (κ2) is 33.2. The van der Waals surface area contributed by atoms with E-state index in [-0.39, 0.29) is 96.6 Å². The number of aromatic nitrogens is 4. The van der Waals surface area contributed by atoms with E-state index in [0.29, 0.717) is 69.8 Å². The van der Waals surface area contributed by atoms with Crippen LogP contribution < -0.4 is 50.8 Å². The van der Waals surface area contributed by atoms with Crippen molar-refractivity contribution < 1.29 is 28.7 Å². The van der Waals surface area contributed by atoms with Gasteiger partial charge in [-0.3, -0.25) is 29.0 Å². The zero-order valence-corrected chi connectivity index (χ0v) is 59.1. The fourth-order valence-electron chi connectivity index (χ4n) is 14.4. The summed E-state index contributed by atoms with van der Waals surface area (Å²) in [7, 11) is 6.68. The Hall–Kier alpha value is -5.86. The first-order valence-electron chi connectivity index (χ1n) is 33.8. The number of anilines is 7. The van der Waals surface area contributed by atoms with Crippen LogP contribution in [0.5, 0.6) is 11.5 Å². The lowest BCUT2D eigenvalue weighted by Gasteiger charge is -2.42. The highest BCUT2D eigenvalue weighted by Gasteiger charge is 2.41. The van der Waals surface area contributed by atoms with Crippen LogP contribution in [0.15, 0.2) is 48.8 Å². The van der Waals surface area contributed by atoms with Gasteiger partial charge in [-0.15, -0.1) is 24.0 Å². The van der Waals surface area contributed by atoms with E-state index < -0.39 is 0 Å². The lowest BCUT2D eigenvalue weighted by molar-refractivity contribution is -0.120. The number of hydrogen-bond donors (Lipinski definition) is 4. The standard InChI is InChI=1S/C34H50N8O3.C22H34N4O2.C12H17ClN4O.CH4.HI/c1-6-28-33(44)39(4)29-20-35-34(38-31(29)42(28)22(2)3)37-27-14-9-24(19-30(27)45-5)32(43)36-25-10-12-26(13-11-25)41-17-15-40(16-18-41)21-23-7-8-23;1-28-21-14-17(4-9-20(21)23)22(27)24-18-5-7-19(8-6-18)26-12-10-25(11-13-26)15-16-2-3-16;1-5-8-11(18)16(4)9-6-14-12(13)15-10(9)17(8)7(2)3;;/h9,14,19-20,22-23,25-26,28H,6-8,10-13,15-18,21H2,1-5H3,(H,36,43)(H,35,37,38);4,9,14,16,18-19H,2-3,5-8,10-13,15,23H2,1H3,(H,24,27);6-8H,5H2,1-4H3;1H4;1H/t25?,26?,28-;;8-;;/m1.1../s1. The van der Waals surface area contributed by atoms with Crippen molar-refractivity contribution in [2.75, 3.05) is 124 Å². The first-order chi connectivity index (χ1) is 43.8. The van der Waals surface area contributed by atoms with Crippen LogP contribution >= 0.6 is 35.6 Å². The summed E-state index contributed by atoms with van der Waals surface area (Å²) < 4.78 is 10.9. The van der Waals surface area contributed by atoms with Crippen LogP contribution in [0.2, 0.25) is 5.28 Å². The maximum Gasteiger partial charge on any atom is 0.251 e. The summed E-state index contributed by atoms with van der Waals surface area (Å²) in [6.45, 7) is 24.5. The predicted molar refractivity (Wildman–Crippen MR) is 384 cm³/mol. The van der Waals surface area contributed by atoms with E-state index in [2.05, 4.69) is 69.2 Å². The van der Waals surface area contributed by atoms with Crippen LogP contribution in [0.4, 0.5) is 40.3 Å². The van der Waals surface area contributed by atoms with E-state index in [9.17, 15) is 19.2 Å². The zero-order valence-electron chi connectivity index (χ0n) is 56.0. The summed E-state index contributed by atoms with van der Waals surface area (Å²) in [5.41, 5.74) is 9.63. The first-order valence-corrected chi connectivity index (χ1v) is 34.2. The van der Waals surface area contributed by atoms with Gasteiger partial charge in [0.1, 0.15) is 35.0 Å². The number of nitrogens with one attached hydrogen (secondary N) is 3. The van der Waals surface area contributed by atoms with Gasteiger partial charge in [-0.05, 0) is 177 Å². The van der Waals surface area contributed by atoms with Crippen LogP contribution in [-0.4, -0.2) is 205 Å². The number of nitrogens with zero attached hydrogens (tertiary/aromatic N) is 12. The molecule has 2 saturated heterocycles. The van der Waals surface area contributed by atoms with E-state index in [1.54, 1.807) is 74.8 Å². The average Bonchev–Trinajstić information content (AvgIpc) is 1.75. The first kappa shape index (κ1) is 73.0. The number of fused-ring (bicyclic) bond motifs is 2. The molecule has 5 N–H and O–H groups in total. The molecule has 4 amide bonds. The second-order valence-electron chi connectivity index (χ2n) is 26.9. The second-order valence-corrected chi connectivity index (χ2v) is 27.2. The molecule has 6 fully saturated rings. The number of likely N-dealkylation sites (N-methyl/N-ethyl adjacent to an activating group) is 2. The van der Waals surface area contributed by atoms with Gasteiger partial charge in [0.15, 0.2) is 11.6 Å². The summed E-state index contributed by atoms with van der Waals surface area (Å²) in [5, 5.41) is 9.96. The number of methoxy groups -OCH3 is 2. The van der Waals surface area contributed by atoms with Gasteiger partial charge in [0.25, 0.3) is 11.8 Å². The molecule has 4 aliphatic heterocycles. The van der Waals surface area contributed by atoms with Crippen molar-refractivity contribution in [2.24, 2.45) is 11.8 Å². The maximum absolute atomic E-state index is 13.3. The van der Waals surface area contributed by atoms with Gasteiger partial charge in [0.2, 0.25) is 23.0 Å². The number of nitrogens with two attached hydrogens (primary N) is 1. The summed E-state index contributed by atoms with van der Waals surface area (Å²) >= 11 is 5.87. The highest BCUT2D eigenvalue weighted by molar-refractivity contribution is 14.0. The molecular weight excluding hydrogens is 1310 g/mol. The topological polar surface area (TPSA) is 226 Å². The highest BCUT2D eigenvalue weighted by Crippen LogP contribution is 2.40. The van der Waals surface area contributed by atoms with Crippen molar-refractivity contribution in [3.63, 3.8) is 0 Å². The summed E-state index contributed by atoms with van der Waals surface area (Å²) in [5.74, 6) is 4.91. The molecule has 12 rings (SSSR count). The monoisotopic (exact) mass is 1420 g/mol. The smallest absolute Gasteiger partial charge is 0.251 e. The molecule has 24 heteroatoms. The van der Waals surface area contributed by atoms with Crippen LogP contribution in [0.1, 0.15) is 160 Å². The Morgan fingerprint density at radius 2 is 1.02 bits per heavy atom. The quantitative estimate of drug-likeness (QED) is 0.0413. The number of nitrogen functional groups attached to an aromatic ring is 1. The number of hydrogen-bond acceptors (Lipinski definition) is 18. The van der Waals surface area contributed by atoms with Crippen LogP contribution in [0, 0.1) is 11.8 Å². The Morgan fingerprint density at radius 1 is 0.602 bits per heavy atom. The number of piperazine rings is 2. The molecule has 4 saturated carbocycles. The minimum Gasteiger partial charge on any atom is -0.495 e.